The molecule has 1 heterocycles. The molecule has 18 heavy (non-hydrogen) atoms. The van der Waals surface area contributed by atoms with Crippen LogP contribution in [0.4, 0.5) is 17.1 Å². The molecule has 0 atom stereocenters. The van der Waals surface area contributed by atoms with E-state index in [-0.39, 0.29) is 10.6 Å². The Labute approximate surface area is 106 Å². The van der Waals surface area contributed by atoms with Crippen molar-refractivity contribution in [2.24, 2.45) is 0 Å². The van der Waals surface area contributed by atoms with E-state index in [2.05, 4.69) is 15.5 Å². The van der Waals surface area contributed by atoms with E-state index in [0.717, 1.165) is 44.1 Å². The summed E-state index contributed by atoms with van der Waals surface area (Å²) in [5, 5.41) is 17.3. The first-order chi connectivity index (χ1) is 8.70. The van der Waals surface area contributed by atoms with Gasteiger partial charge in [-0.1, -0.05) is 0 Å². The van der Waals surface area contributed by atoms with Crippen LogP contribution in [0.2, 0.25) is 0 Å². The second-order valence-electron chi connectivity index (χ2n) is 4.26. The molecule has 0 radical (unpaired) electrons. The summed E-state index contributed by atoms with van der Waals surface area (Å²) in [4.78, 5) is 12.8. The Morgan fingerprint density at radius 3 is 2.72 bits per heavy atom. The summed E-state index contributed by atoms with van der Waals surface area (Å²) in [5.74, 6) is 0. The number of rotatable bonds is 4. The number of nitrogens with zero attached hydrogens (tertiary/aromatic N) is 2. The molecule has 6 heteroatoms. The largest absolute Gasteiger partial charge is 0.385 e. The van der Waals surface area contributed by atoms with Crippen LogP contribution < -0.4 is 15.5 Å². The molecule has 0 saturated carbocycles. The van der Waals surface area contributed by atoms with Crippen LogP contribution in [0.5, 0.6) is 0 Å². The zero-order valence-corrected chi connectivity index (χ0v) is 10.5. The minimum Gasteiger partial charge on any atom is -0.385 e. The van der Waals surface area contributed by atoms with Crippen molar-refractivity contribution in [2.45, 2.75) is 6.92 Å². The fraction of sp³-hybridized carbons (Fsp3) is 0.500. The molecule has 98 valence electrons. The van der Waals surface area contributed by atoms with Crippen LogP contribution in [0.3, 0.4) is 0 Å². The minimum absolute atomic E-state index is 0.141. The lowest BCUT2D eigenvalue weighted by atomic mass is 10.2. The summed E-state index contributed by atoms with van der Waals surface area (Å²) in [6.07, 6.45) is 0. The summed E-state index contributed by atoms with van der Waals surface area (Å²) in [6.45, 7) is 6.32. The summed E-state index contributed by atoms with van der Waals surface area (Å²) >= 11 is 0. The highest BCUT2D eigenvalue weighted by Crippen LogP contribution is 2.27. The fourth-order valence-corrected chi connectivity index (χ4v) is 2.11. The third kappa shape index (κ3) is 2.89. The van der Waals surface area contributed by atoms with Gasteiger partial charge in [-0.15, -0.1) is 0 Å². The quantitative estimate of drug-likeness (QED) is 0.625. The van der Waals surface area contributed by atoms with Gasteiger partial charge in [0.1, 0.15) is 0 Å². The fourth-order valence-electron chi connectivity index (χ4n) is 2.11. The van der Waals surface area contributed by atoms with Gasteiger partial charge in [0.05, 0.1) is 4.92 Å². The summed E-state index contributed by atoms with van der Waals surface area (Å²) in [7, 11) is 0. The number of nitro benzene ring substituents is 1. The van der Waals surface area contributed by atoms with Gasteiger partial charge < -0.3 is 15.5 Å². The molecule has 0 aliphatic carbocycles. The van der Waals surface area contributed by atoms with E-state index >= 15 is 0 Å². The Balaban J connectivity index is 2.29. The molecular weight excluding hydrogens is 232 g/mol. The predicted octanol–water partition coefficient (Wildman–Crippen LogP) is 1.44. The third-order valence-electron chi connectivity index (χ3n) is 2.98. The van der Waals surface area contributed by atoms with E-state index in [1.54, 1.807) is 12.1 Å². The van der Waals surface area contributed by atoms with Crippen molar-refractivity contribution in [3.8, 4) is 0 Å². The van der Waals surface area contributed by atoms with Crippen LogP contribution in [0.1, 0.15) is 6.92 Å². The van der Waals surface area contributed by atoms with E-state index in [1.165, 1.54) is 0 Å². The third-order valence-corrected chi connectivity index (χ3v) is 2.98. The summed E-state index contributed by atoms with van der Waals surface area (Å²) in [6, 6.07) is 5.20. The molecule has 6 nitrogen and oxygen atoms in total. The monoisotopic (exact) mass is 250 g/mol. The summed E-state index contributed by atoms with van der Waals surface area (Å²) in [5.41, 5.74) is 1.86. The standard InChI is InChI=1S/C12H18N4O2/c1-2-14-10-7-11(9-12(8-10)16(17)18)15-5-3-13-4-6-15/h7-9,13-14H,2-6H2,1H3. The van der Waals surface area contributed by atoms with Crippen LogP contribution in [0.15, 0.2) is 18.2 Å². The Hall–Kier alpha value is -1.82. The minimum atomic E-state index is -0.341. The maximum Gasteiger partial charge on any atom is 0.273 e. The molecule has 1 aliphatic rings. The van der Waals surface area contributed by atoms with Crippen LogP contribution in [-0.2, 0) is 0 Å². The van der Waals surface area contributed by atoms with E-state index in [0.29, 0.717) is 0 Å². The Morgan fingerprint density at radius 1 is 1.39 bits per heavy atom. The molecular formula is C12H18N4O2. The van der Waals surface area contributed by atoms with Gasteiger partial charge in [0.25, 0.3) is 5.69 Å². The van der Waals surface area contributed by atoms with E-state index in [9.17, 15) is 10.1 Å². The predicted molar refractivity (Wildman–Crippen MR) is 72.3 cm³/mol. The van der Waals surface area contributed by atoms with Gasteiger partial charge in [0, 0.05) is 56.2 Å². The maximum absolute atomic E-state index is 10.9. The van der Waals surface area contributed by atoms with Gasteiger partial charge in [-0.3, -0.25) is 10.1 Å². The average molecular weight is 250 g/mol. The van der Waals surface area contributed by atoms with Crippen LogP contribution in [-0.4, -0.2) is 37.6 Å². The molecule has 1 aliphatic heterocycles. The van der Waals surface area contributed by atoms with E-state index in [1.807, 2.05) is 13.0 Å². The number of non-ortho nitro benzene ring substituents is 1. The molecule has 2 N–H and O–H groups in total. The van der Waals surface area contributed by atoms with Gasteiger partial charge in [0.15, 0.2) is 0 Å². The van der Waals surface area contributed by atoms with Gasteiger partial charge >= 0.3 is 0 Å². The van der Waals surface area contributed by atoms with Crippen molar-refractivity contribution in [1.82, 2.24) is 5.32 Å². The number of nitro groups is 1. The molecule has 0 amide bonds. The molecule has 0 spiro atoms. The summed E-state index contributed by atoms with van der Waals surface area (Å²) < 4.78 is 0. The normalized spacial score (nSPS) is 15.5. The smallest absolute Gasteiger partial charge is 0.273 e. The first-order valence-electron chi connectivity index (χ1n) is 6.19. The zero-order valence-electron chi connectivity index (χ0n) is 10.5. The lowest BCUT2D eigenvalue weighted by Crippen LogP contribution is -2.43. The SMILES string of the molecule is CCNc1cc(N2CCNCC2)cc([N+](=O)[O-])c1. The number of hydrogen-bond acceptors (Lipinski definition) is 5. The topological polar surface area (TPSA) is 70.4 Å². The first kappa shape index (κ1) is 12.6. The molecule has 1 saturated heterocycles. The van der Waals surface area contributed by atoms with Crippen molar-refractivity contribution in [1.29, 1.82) is 0 Å². The van der Waals surface area contributed by atoms with Gasteiger partial charge in [0.2, 0.25) is 0 Å². The van der Waals surface area contributed by atoms with Crippen LogP contribution in [0, 0.1) is 10.1 Å². The molecule has 2 rings (SSSR count). The molecule has 0 bridgehead atoms. The van der Waals surface area contributed by atoms with Crippen molar-refractivity contribution >= 4 is 17.1 Å². The zero-order chi connectivity index (χ0) is 13.0. The Morgan fingerprint density at radius 2 is 2.11 bits per heavy atom. The highest BCUT2D eigenvalue weighted by atomic mass is 16.6. The maximum atomic E-state index is 10.9. The highest BCUT2D eigenvalue weighted by molar-refractivity contribution is 5.64. The average Bonchev–Trinajstić information content (AvgIpc) is 2.40. The van der Waals surface area contributed by atoms with E-state index in [4.69, 9.17) is 0 Å². The Bertz CT molecular complexity index is 430. The van der Waals surface area contributed by atoms with Crippen LogP contribution in [0.25, 0.3) is 0 Å². The van der Waals surface area contributed by atoms with Gasteiger partial charge in [-0.25, -0.2) is 0 Å². The van der Waals surface area contributed by atoms with Gasteiger partial charge in [-0.05, 0) is 13.0 Å². The number of benzene rings is 1. The van der Waals surface area contributed by atoms with Gasteiger partial charge in [-0.2, -0.15) is 0 Å². The van der Waals surface area contributed by atoms with Crippen molar-refractivity contribution in [3.63, 3.8) is 0 Å². The Kier molecular flexibility index (Phi) is 3.99. The second kappa shape index (κ2) is 5.68. The lowest BCUT2D eigenvalue weighted by molar-refractivity contribution is -0.384. The molecule has 1 aromatic rings. The number of anilines is 2. The molecule has 1 aromatic carbocycles. The first-order valence-corrected chi connectivity index (χ1v) is 6.19. The molecule has 0 unspecified atom stereocenters. The number of nitrogens with one attached hydrogen (secondary N) is 2. The van der Waals surface area contributed by atoms with Crippen LogP contribution >= 0.6 is 0 Å². The van der Waals surface area contributed by atoms with Crippen molar-refractivity contribution in [2.75, 3.05) is 42.9 Å². The molecule has 1 fully saturated rings. The van der Waals surface area contributed by atoms with Crippen molar-refractivity contribution in [3.05, 3.63) is 28.3 Å². The number of piperazine rings is 1. The van der Waals surface area contributed by atoms with Crippen molar-refractivity contribution < 1.29 is 4.92 Å². The highest BCUT2D eigenvalue weighted by Gasteiger charge is 2.15. The number of hydrogen-bond donors (Lipinski definition) is 2. The second-order valence-corrected chi connectivity index (χ2v) is 4.26. The molecule has 0 aromatic heterocycles. The lowest BCUT2D eigenvalue weighted by Gasteiger charge is -2.29. The van der Waals surface area contributed by atoms with E-state index < -0.39 is 0 Å².